The Morgan fingerprint density at radius 1 is 0.711 bits per heavy atom. The van der Waals surface area contributed by atoms with Crippen LogP contribution < -0.4 is 21.7 Å². The van der Waals surface area contributed by atoms with Crippen LogP contribution >= 0.6 is 0 Å². The van der Waals surface area contributed by atoms with Gasteiger partial charge in [-0.3, -0.25) is 19.2 Å². The first-order valence-corrected chi connectivity index (χ1v) is 14.6. The molecule has 0 saturated heterocycles. The van der Waals surface area contributed by atoms with E-state index in [4.69, 9.17) is 10.8 Å². The lowest BCUT2D eigenvalue weighted by molar-refractivity contribution is -0.142. The number of amides is 3. The zero-order valence-corrected chi connectivity index (χ0v) is 25.0. The number of nitrogens with two attached hydrogens (primary N) is 1. The fourth-order valence-corrected chi connectivity index (χ4v) is 5.26. The van der Waals surface area contributed by atoms with Crippen LogP contribution in [-0.4, -0.2) is 74.0 Å². The van der Waals surface area contributed by atoms with Gasteiger partial charge < -0.3 is 41.9 Å². The van der Waals surface area contributed by atoms with Gasteiger partial charge in [0, 0.05) is 47.0 Å². The standard InChI is InChI=1S/C32H38N6O7/c1-17(2)11-27(32(44)45)38-31(43)26(13-19-16-35-24-10-6-4-8-21(19)24)37-30(42)25(36-29(41)22(33)14-28(39)40)12-18-15-34-23-9-5-3-7-20(18)23/h3-10,15-17,22,25-27,34-35H,11-14,33H2,1-2H3,(H,36,41)(H,37,42)(H,38,43)(H,39,40)(H,44,45). The summed E-state index contributed by atoms with van der Waals surface area (Å²) in [4.78, 5) is 69.8. The maximum Gasteiger partial charge on any atom is 0.326 e. The summed E-state index contributed by atoms with van der Waals surface area (Å²) in [6, 6.07) is 9.72. The largest absolute Gasteiger partial charge is 0.481 e. The van der Waals surface area contributed by atoms with Crippen molar-refractivity contribution in [3.63, 3.8) is 0 Å². The Hall–Kier alpha value is -5.17. The summed E-state index contributed by atoms with van der Waals surface area (Å²) in [6.45, 7) is 3.67. The second-order valence-electron chi connectivity index (χ2n) is 11.5. The van der Waals surface area contributed by atoms with Crippen LogP contribution in [0.25, 0.3) is 21.8 Å². The second kappa shape index (κ2) is 14.5. The molecule has 9 N–H and O–H groups in total. The highest BCUT2D eigenvalue weighted by Gasteiger charge is 2.32. The second-order valence-corrected chi connectivity index (χ2v) is 11.5. The molecule has 4 atom stereocenters. The average Bonchev–Trinajstić information content (AvgIpc) is 3.59. The molecule has 0 radical (unpaired) electrons. The number of carboxylic acids is 2. The van der Waals surface area contributed by atoms with E-state index in [2.05, 4.69) is 25.9 Å². The predicted octanol–water partition coefficient (Wildman–Crippen LogP) is 1.82. The summed E-state index contributed by atoms with van der Waals surface area (Å²) < 4.78 is 0. The highest BCUT2D eigenvalue weighted by atomic mass is 16.4. The number of carboxylic acid groups (broad SMARTS) is 2. The number of carbonyl (C=O) groups is 5. The van der Waals surface area contributed by atoms with E-state index in [9.17, 15) is 29.1 Å². The molecule has 0 spiro atoms. The van der Waals surface area contributed by atoms with Gasteiger partial charge in [-0.25, -0.2) is 4.79 Å². The van der Waals surface area contributed by atoms with Crippen LogP contribution in [0.4, 0.5) is 0 Å². The molecule has 0 aliphatic heterocycles. The molecule has 4 aromatic rings. The zero-order valence-electron chi connectivity index (χ0n) is 25.0. The van der Waals surface area contributed by atoms with Crippen LogP contribution in [0.1, 0.15) is 37.8 Å². The third-order valence-electron chi connectivity index (χ3n) is 7.52. The maximum atomic E-state index is 13.9. The Bertz CT molecular complexity index is 1690. The number of H-pyrrole nitrogens is 2. The monoisotopic (exact) mass is 618 g/mol. The number of aromatic amines is 2. The van der Waals surface area contributed by atoms with Crippen molar-refractivity contribution in [1.82, 2.24) is 25.9 Å². The van der Waals surface area contributed by atoms with Gasteiger partial charge in [-0.15, -0.1) is 0 Å². The fourth-order valence-electron chi connectivity index (χ4n) is 5.26. The summed E-state index contributed by atoms with van der Waals surface area (Å²) in [5.74, 6) is -4.80. The normalized spacial score (nSPS) is 14.0. The van der Waals surface area contributed by atoms with Crippen molar-refractivity contribution in [2.45, 2.75) is 63.7 Å². The molecule has 13 heteroatoms. The Kier molecular flexibility index (Phi) is 10.6. The van der Waals surface area contributed by atoms with E-state index in [0.29, 0.717) is 11.1 Å². The van der Waals surface area contributed by atoms with Crippen LogP contribution in [0.5, 0.6) is 0 Å². The Labute approximate surface area is 258 Å². The van der Waals surface area contributed by atoms with Gasteiger partial charge in [0.25, 0.3) is 0 Å². The van der Waals surface area contributed by atoms with E-state index >= 15 is 0 Å². The molecule has 0 bridgehead atoms. The molecule has 4 rings (SSSR count). The molecule has 3 amide bonds. The minimum absolute atomic E-state index is 0.00605. The van der Waals surface area contributed by atoms with Gasteiger partial charge in [0.2, 0.25) is 17.7 Å². The quantitative estimate of drug-likeness (QED) is 0.0980. The molecule has 13 nitrogen and oxygen atoms in total. The number of hydrogen-bond donors (Lipinski definition) is 8. The number of rotatable bonds is 15. The highest BCUT2D eigenvalue weighted by molar-refractivity contribution is 5.96. The maximum absolute atomic E-state index is 13.9. The van der Waals surface area contributed by atoms with Crippen molar-refractivity contribution in [2.24, 2.45) is 11.7 Å². The molecule has 4 unspecified atom stereocenters. The average molecular weight is 619 g/mol. The highest BCUT2D eigenvalue weighted by Crippen LogP contribution is 2.21. The number of carbonyl (C=O) groups excluding carboxylic acids is 3. The topological polar surface area (TPSA) is 219 Å². The SMILES string of the molecule is CC(C)CC(NC(=O)C(Cc1c[nH]c2ccccc12)NC(=O)C(Cc1c[nH]c2ccccc12)NC(=O)C(N)CC(=O)O)C(=O)O. The minimum atomic E-state index is -1.42. The summed E-state index contributed by atoms with van der Waals surface area (Å²) in [5, 5.41) is 28.3. The summed E-state index contributed by atoms with van der Waals surface area (Å²) in [5.41, 5.74) is 8.82. The number of hydrogen-bond acceptors (Lipinski definition) is 6. The summed E-state index contributed by atoms with van der Waals surface area (Å²) in [6.07, 6.45) is 2.96. The van der Waals surface area contributed by atoms with E-state index in [1.54, 1.807) is 12.4 Å². The molecule has 2 heterocycles. The van der Waals surface area contributed by atoms with Gasteiger partial charge >= 0.3 is 11.9 Å². The van der Waals surface area contributed by atoms with Crippen LogP contribution in [0.3, 0.4) is 0 Å². The smallest absolute Gasteiger partial charge is 0.326 e. The number of para-hydroxylation sites is 2. The Balaban J connectivity index is 1.64. The van der Waals surface area contributed by atoms with Crippen LogP contribution in [0, 0.1) is 5.92 Å². The van der Waals surface area contributed by atoms with Gasteiger partial charge in [0.15, 0.2) is 0 Å². The number of nitrogens with one attached hydrogen (secondary N) is 5. The van der Waals surface area contributed by atoms with Crippen LogP contribution in [-0.2, 0) is 36.8 Å². The number of aliphatic carboxylic acids is 2. The minimum Gasteiger partial charge on any atom is -0.481 e. The molecule has 2 aromatic carbocycles. The van der Waals surface area contributed by atoms with Gasteiger partial charge in [-0.1, -0.05) is 50.2 Å². The van der Waals surface area contributed by atoms with E-state index in [0.717, 1.165) is 21.8 Å². The zero-order chi connectivity index (χ0) is 32.7. The molecular weight excluding hydrogens is 580 g/mol. The van der Waals surface area contributed by atoms with Crippen molar-refractivity contribution in [1.29, 1.82) is 0 Å². The van der Waals surface area contributed by atoms with Gasteiger partial charge in [-0.05, 0) is 35.6 Å². The van der Waals surface area contributed by atoms with Crippen molar-refractivity contribution in [3.8, 4) is 0 Å². The number of aromatic nitrogens is 2. The fraction of sp³-hybridized carbons (Fsp3) is 0.344. The molecule has 0 saturated carbocycles. The molecule has 0 aliphatic rings. The van der Waals surface area contributed by atoms with Crippen LogP contribution in [0.2, 0.25) is 0 Å². The molecular formula is C32H38N6O7. The molecule has 45 heavy (non-hydrogen) atoms. The van der Waals surface area contributed by atoms with Crippen LogP contribution in [0.15, 0.2) is 60.9 Å². The third-order valence-corrected chi connectivity index (χ3v) is 7.52. The first-order valence-electron chi connectivity index (χ1n) is 14.6. The van der Waals surface area contributed by atoms with E-state index in [-0.39, 0.29) is 25.2 Å². The van der Waals surface area contributed by atoms with Crippen molar-refractivity contribution in [2.75, 3.05) is 0 Å². The predicted molar refractivity (Wildman–Crippen MR) is 167 cm³/mol. The van der Waals surface area contributed by atoms with Crippen molar-refractivity contribution < 1.29 is 34.2 Å². The number of benzene rings is 2. The molecule has 0 aliphatic carbocycles. The van der Waals surface area contributed by atoms with E-state index in [1.165, 1.54) is 0 Å². The summed E-state index contributed by atoms with van der Waals surface area (Å²) in [7, 11) is 0. The van der Waals surface area contributed by atoms with E-state index in [1.807, 2.05) is 62.4 Å². The number of fused-ring (bicyclic) bond motifs is 2. The van der Waals surface area contributed by atoms with E-state index < -0.39 is 60.2 Å². The van der Waals surface area contributed by atoms with Crippen molar-refractivity contribution in [3.05, 3.63) is 72.1 Å². The first kappa shape index (κ1) is 32.7. The molecule has 2 aromatic heterocycles. The molecule has 238 valence electrons. The van der Waals surface area contributed by atoms with Gasteiger partial charge in [0.05, 0.1) is 12.5 Å². The first-order chi connectivity index (χ1) is 21.4. The van der Waals surface area contributed by atoms with Crippen molar-refractivity contribution >= 4 is 51.5 Å². The third kappa shape index (κ3) is 8.48. The molecule has 0 fully saturated rings. The lowest BCUT2D eigenvalue weighted by atomic mass is 10.00. The Morgan fingerprint density at radius 3 is 1.60 bits per heavy atom. The van der Waals surface area contributed by atoms with Gasteiger partial charge in [-0.2, -0.15) is 0 Å². The Morgan fingerprint density at radius 2 is 1.16 bits per heavy atom. The summed E-state index contributed by atoms with van der Waals surface area (Å²) >= 11 is 0. The lowest BCUT2D eigenvalue weighted by Gasteiger charge is -2.25. The van der Waals surface area contributed by atoms with Gasteiger partial charge in [0.1, 0.15) is 18.1 Å². The lowest BCUT2D eigenvalue weighted by Crippen LogP contribution is -2.58.